The minimum Gasteiger partial charge on any atom is -0.348 e. The highest BCUT2D eigenvalue weighted by atomic mass is 35.5. The van der Waals surface area contributed by atoms with Gasteiger partial charge in [-0.15, -0.1) is 0 Å². The molecule has 0 aliphatic heterocycles. The summed E-state index contributed by atoms with van der Waals surface area (Å²) in [6.45, 7) is 8.42. The van der Waals surface area contributed by atoms with E-state index < -0.39 is 0 Å². The number of carbonyl (C=O) groups is 1. The number of hydrogen-bond acceptors (Lipinski definition) is 2. The Kier molecular flexibility index (Phi) is 6.41. The molecule has 2 aromatic rings. The molecule has 0 aliphatic carbocycles. The largest absolute Gasteiger partial charge is 0.348 e. The Bertz CT molecular complexity index is 715. The van der Waals surface area contributed by atoms with E-state index in [2.05, 4.69) is 42.7 Å². The molecule has 2 rings (SSSR count). The molecule has 0 saturated heterocycles. The van der Waals surface area contributed by atoms with E-state index in [-0.39, 0.29) is 24.5 Å². The molecule has 0 fully saturated rings. The van der Waals surface area contributed by atoms with Crippen molar-refractivity contribution in [1.29, 1.82) is 0 Å². The number of carbonyl (C=O) groups excluding carboxylic acids is 1. The van der Waals surface area contributed by atoms with E-state index in [0.717, 1.165) is 11.1 Å². The molecular weight excluding hydrogens is 320 g/mol. The molecule has 2 N–H and O–H groups in total. The van der Waals surface area contributed by atoms with Crippen LogP contribution in [0.2, 0.25) is 5.02 Å². The van der Waals surface area contributed by atoms with E-state index in [1.807, 2.05) is 38.1 Å². The fraction of sp³-hybridized carbons (Fsp3) is 0.350. The van der Waals surface area contributed by atoms with Gasteiger partial charge in [-0.1, -0.05) is 48.0 Å². The number of aryl methyl sites for hydroxylation is 2. The maximum absolute atomic E-state index is 12.2. The zero-order valence-electron chi connectivity index (χ0n) is 14.7. The first-order valence-electron chi connectivity index (χ1n) is 8.22. The number of halogens is 1. The molecule has 0 aliphatic rings. The highest BCUT2D eigenvalue weighted by Crippen LogP contribution is 2.22. The molecule has 4 heteroatoms. The van der Waals surface area contributed by atoms with Crippen LogP contribution in [-0.2, 0) is 4.79 Å². The van der Waals surface area contributed by atoms with Crippen LogP contribution in [0.5, 0.6) is 0 Å². The van der Waals surface area contributed by atoms with Gasteiger partial charge < -0.3 is 10.6 Å². The van der Waals surface area contributed by atoms with Gasteiger partial charge in [-0.05, 0) is 56.0 Å². The van der Waals surface area contributed by atoms with Crippen LogP contribution in [0.3, 0.4) is 0 Å². The van der Waals surface area contributed by atoms with Crippen LogP contribution in [0.25, 0.3) is 0 Å². The van der Waals surface area contributed by atoms with Crippen molar-refractivity contribution in [1.82, 2.24) is 10.6 Å². The number of rotatable bonds is 6. The smallest absolute Gasteiger partial charge is 0.234 e. The number of amides is 1. The van der Waals surface area contributed by atoms with Gasteiger partial charge in [-0.2, -0.15) is 0 Å². The van der Waals surface area contributed by atoms with Crippen LogP contribution in [0.4, 0.5) is 0 Å². The van der Waals surface area contributed by atoms with Crippen molar-refractivity contribution in [3.8, 4) is 0 Å². The van der Waals surface area contributed by atoms with Crippen LogP contribution in [0.15, 0.2) is 42.5 Å². The fourth-order valence-corrected chi connectivity index (χ4v) is 2.89. The second-order valence-electron chi connectivity index (χ2n) is 6.26. The first-order chi connectivity index (χ1) is 11.4. The molecule has 0 radical (unpaired) electrons. The summed E-state index contributed by atoms with van der Waals surface area (Å²) in [5.41, 5.74) is 4.60. The molecule has 128 valence electrons. The lowest BCUT2D eigenvalue weighted by molar-refractivity contribution is -0.121. The van der Waals surface area contributed by atoms with Gasteiger partial charge >= 0.3 is 0 Å². The first kappa shape index (κ1) is 18.5. The Morgan fingerprint density at radius 2 is 1.75 bits per heavy atom. The maximum atomic E-state index is 12.2. The van der Waals surface area contributed by atoms with E-state index in [4.69, 9.17) is 11.6 Å². The SMILES string of the molecule is Cc1ccc(C(C)NC(=O)CNC(C)c2ccccc2Cl)cc1C. The lowest BCUT2D eigenvalue weighted by Gasteiger charge is -2.18. The summed E-state index contributed by atoms with van der Waals surface area (Å²) in [7, 11) is 0. The predicted molar refractivity (Wildman–Crippen MR) is 100 cm³/mol. The molecule has 0 spiro atoms. The number of nitrogens with one attached hydrogen (secondary N) is 2. The van der Waals surface area contributed by atoms with Crippen LogP contribution >= 0.6 is 11.6 Å². The molecule has 1 amide bonds. The van der Waals surface area contributed by atoms with Crippen LogP contribution in [0.1, 0.15) is 48.2 Å². The summed E-state index contributed by atoms with van der Waals surface area (Å²) >= 11 is 6.19. The standard InChI is InChI=1S/C20H25ClN2O/c1-13-9-10-17(11-14(13)2)15(3)23-20(24)12-22-16(4)18-7-5-6-8-19(18)21/h5-11,15-16,22H,12H2,1-4H3,(H,23,24). The predicted octanol–water partition coefficient (Wildman–Crippen LogP) is 4.48. The number of benzene rings is 2. The summed E-state index contributed by atoms with van der Waals surface area (Å²) in [4.78, 5) is 12.2. The third kappa shape index (κ3) is 4.83. The molecule has 24 heavy (non-hydrogen) atoms. The quantitative estimate of drug-likeness (QED) is 0.810. The third-order valence-electron chi connectivity index (χ3n) is 4.35. The summed E-state index contributed by atoms with van der Waals surface area (Å²) in [5.74, 6) is -0.0281. The Balaban J connectivity index is 1.88. The Labute approximate surface area is 149 Å². The van der Waals surface area contributed by atoms with E-state index in [9.17, 15) is 4.79 Å². The lowest BCUT2D eigenvalue weighted by atomic mass is 10.0. The van der Waals surface area contributed by atoms with Gasteiger partial charge in [0, 0.05) is 11.1 Å². The van der Waals surface area contributed by atoms with Gasteiger partial charge in [0.25, 0.3) is 0 Å². The second-order valence-corrected chi connectivity index (χ2v) is 6.66. The van der Waals surface area contributed by atoms with Crippen molar-refractivity contribution < 1.29 is 4.79 Å². The lowest BCUT2D eigenvalue weighted by Crippen LogP contribution is -2.36. The molecule has 0 heterocycles. The van der Waals surface area contributed by atoms with E-state index in [0.29, 0.717) is 5.02 Å². The van der Waals surface area contributed by atoms with Gasteiger partial charge in [0.05, 0.1) is 12.6 Å². The average Bonchev–Trinajstić information content (AvgIpc) is 2.55. The summed E-state index contributed by atoms with van der Waals surface area (Å²) in [6, 6.07) is 13.9. The topological polar surface area (TPSA) is 41.1 Å². The van der Waals surface area contributed by atoms with Crippen molar-refractivity contribution in [2.75, 3.05) is 6.54 Å². The van der Waals surface area contributed by atoms with Crippen LogP contribution < -0.4 is 10.6 Å². The van der Waals surface area contributed by atoms with Gasteiger partial charge in [-0.25, -0.2) is 0 Å². The molecule has 0 saturated carbocycles. The monoisotopic (exact) mass is 344 g/mol. The second kappa shape index (κ2) is 8.32. The fourth-order valence-electron chi connectivity index (χ4n) is 2.59. The molecule has 2 atom stereocenters. The minimum atomic E-state index is -0.0281. The molecule has 0 bridgehead atoms. The molecule has 2 unspecified atom stereocenters. The van der Waals surface area contributed by atoms with Crippen molar-refractivity contribution in [2.24, 2.45) is 0 Å². The summed E-state index contributed by atoms with van der Waals surface area (Å²) in [5, 5.41) is 6.96. The van der Waals surface area contributed by atoms with Gasteiger partial charge in [0.1, 0.15) is 0 Å². The van der Waals surface area contributed by atoms with Crippen LogP contribution in [0, 0.1) is 13.8 Å². The minimum absolute atomic E-state index is 0.0152. The molecular formula is C20H25ClN2O. The summed E-state index contributed by atoms with van der Waals surface area (Å²) < 4.78 is 0. The first-order valence-corrected chi connectivity index (χ1v) is 8.60. The Morgan fingerprint density at radius 1 is 1.04 bits per heavy atom. The highest BCUT2D eigenvalue weighted by molar-refractivity contribution is 6.31. The van der Waals surface area contributed by atoms with E-state index >= 15 is 0 Å². The van der Waals surface area contributed by atoms with Crippen molar-refractivity contribution in [2.45, 2.75) is 39.8 Å². The van der Waals surface area contributed by atoms with Gasteiger partial charge in [0.15, 0.2) is 0 Å². The van der Waals surface area contributed by atoms with Gasteiger partial charge in [-0.3, -0.25) is 4.79 Å². The zero-order valence-corrected chi connectivity index (χ0v) is 15.4. The Morgan fingerprint density at radius 3 is 2.42 bits per heavy atom. The van der Waals surface area contributed by atoms with Crippen molar-refractivity contribution >= 4 is 17.5 Å². The van der Waals surface area contributed by atoms with Crippen LogP contribution in [-0.4, -0.2) is 12.5 Å². The normalized spacial score (nSPS) is 13.4. The molecule has 2 aromatic carbocycles. The average molecular weight is 345 g/mol. The van der Waals surface area contributed by atoms with E-state index in [1.54, 1.807) is 0 Å². The van der Waals surface area contributed by atoms with E-state index in [1.165, 1.54) is 11.1 Å². The van der Waals surface area contributed by atoms with Crippen molar-refractivity contribution in [3.63, 3.8) is 0 Å². The summed E-state index contributed by atoms with van der Waals surface area (Å²) in [6.07, 6.45) is 0. The molecule has 3 nitrogen and oxygen atoms in total. The van der Waals surface area contributed by atoms with Crippen molar-refractivity contribution in [3.05, 3.63) is 69.7 Å². The molecule has 0 aromatic heterocycles. The zero-order chi connectivity index (χ0) is 17.7. The Hall–Kier alpha value is -1.84. The highest BCUT2D eigenvalue weighted by Gasteiger charge is 2.13. The van der Waals surface area contributed by atoms with Gasteiger partial charge in [0.2, 0.25) is 5.91 Å². The maximum Gasteiger partial charge on any atom is 0.234 e. The third-order valence-corrected chi connectivity index (χ3v) is 4.69. The number of hydrogen-bond donors (Lipinski definition) is 2.